The summed E-state index contributed by atoms with van der Waals surface area (Å²) in [5.74, 6) is -0.299. The summed E-state index contributed by atoms with van der Waals surface area (Å²) in [4.78, 5) is 19.4. The Morgan fingerprint density at radius 1 is 1.06 bits per heavy atom. The highest BCUT2D eigenvalue weighted by atomic mass is 19.4. The van der Waals surface area contributed by atoms with E-state index in [-0.39, 0.29) is 11.5 Å². The maximum absolute atomic E-state index is 12.8. The fourth-order valence-electron chi connectivity index (χ4n) is 3.18. The normalized spacial score (nSPS) is 15.5. The molecule has 2 aromatic carbocycles. The topological polar surface area (TPSA) is 66.0 Å². The molecule has 2 aromatic rings. The lowest BCUT2D eigenvalue weighted by Gasteiger charge is -2.25. The van der Waals surface area contributed by atoms with Crippen molar-refractivity contribution in [2.24, 2.45) is 4.99 Å². The summed E-state index contributed by atoms with van der Waals surface area (Å²) >= 11 is 0. The van der Waals surface area contributed by atoms with E-state index in [1.807, 2.05) is 32.0 Å². The third-order valence-corrected chi connectivity index (χ3v) is 5.27. The molecule has 0 bridgehead atoms. The zero-order chi connectivity index (χ0) is 23.1. The van der Waals surface area contributed by atoms with Crippen molar-refractivity contribution in [3.63, 3.8) is 0 Å². The Kier molecular flexibility index (Phi) is 7.87. The molecule has 1 amide bonds. The zero-order valence-electron chi connectivity index (χ0n) is 18.1. The van der Waals surface area contributed by atoms with Crippen LogP contribution in [0.15, 0.2) is 47.5 Å². The van der Waals surface area contributed by atoms with Crippen molar-refractivity contribution in [1.82, 2.24) is 10.2 Å². The van der Waals surface area contributed by atoms with Gasteiger partial charge >= 0.3 is 6.18 Å². The van der Waals surface area contributed by atoms with Gasteiger partial charge < -0.3 is 10.1 Å². The van der Waals surface area contributed by atoms with Gasteiger partial charge in [-0.3, -0.25) is 20.0 Å². The lowest BCUT2D eigenvalue weighted by molar-refractivity contribution is -0.137. The standard InChI is InChI=1S/C23H27F3N4O2/c1-16-3-8-20(15-17(16)2)28-22(27-9-10-30-11-13-32-14-12-30)29-21(31)18-4-6-19(7-5-18)23(24,25)26/h3-8,15H,9-14H2,1-2H3,(H2,27,28,29,31). The third kappa shape index (κ3) is 6.80. The summed E-state index contributed by atoms with van der Waals surface area (Å²) in [6.45, 7) is 8.16. The summed E-state index contributed by atoms with van der Waals surface area (Å²) < 4.78 is 43.7. The van der Waals surface area contributed by atoms with Crippen molar-refractivity contribution in [3.05, 3.63) is 64.7 Å². The molecule has 0 unspecified atom stereocenters. The van der Waals surface area contributed by atoms with Gasteiger partial charge in [0.25, 0.3) is 5.91 Å². The molecule has 0 aliphatic carbocycles. The summed E-state index contributed by atoms with van der Waals surface area (Å²) in [5.41, 5.74) is 2.28. The highest BCUT2D eigenvalue weighted by Crippen LogP contribution is 2.29. The van der Waals surface area contributed by atoms with Crippen LogP contribution >= 0.6 is 0 Å². The fraction of sp³-hybridized carbons (Fsp3) is 0.391. The first kappa shape index (κ1) is 23.7. The smallest absolute Gasteiger partial charge is 0.379 e. The number of morpholine rings is 1. The molecule has 0 atom stereocenters. The molecule has 1 aliphatic heterocycles. The van der Waals surface area contributed by atoms with Crippen LogP contribution < -0.4 is 10.6 Å². The Morgan fingerprint density at radius 2 is 1.75 bits per heavy atom. The minimum absolute atomic E-state index is 0.112. The van der Waals surface area contributed by atoms with E-state index in [9.17, 15) is 18.0 Å². The van der Waals surface area contributed by atoms with Crippen molar-refractivity contribution in [2.75, 3.05) is 44.7 Å². The molecule has 3 rings (SSSR count). The number of ether oxygens (including phenoxy) is 1. The summed E-state index contributed by atoms with van der Waals surface area (Å²) in [6.07, 6.45) is -4.45. The highest BCUT2D eigenvalue weighted by molar-refractivity contribution is 6.10. The Balaban J connectivity index is 1.72. The van der Waals surface area contributed by atoms with Crippen LogP contribution in [0.25, 0.3) is 0 Å². The van der Waals surface area contributed by atoms with Crippen LogP contribution in [0.5, 0.6) is 0 Å². The summed E-state index contributed by atoms with van der Waals surface area (Å²) in [6, 6.07) is 9.86. The first-order chi connectivity index (χ1) is 15.2. The van der Waals surface area contributed by atoms with E-state index >= 15 is 0 Å². The van der Waals surface area contributed by atoms with Gasteiger partial charge in [-0.2, -0.15) is 13.2 Å². The number of carbonyl (C=O) groups excluding carboxylic acids is 1. The number of benzene rings is 2. The number of amides is 1. The Bertz CT molecular complexity index is 953. The van der Waals surface area contributed by atoms with Crippen LogP contribution in [0.1, 0.15) is 27.0 Å². The molecule has 0 spiro atoms. The van der Waals surface area contributed by atoms with Crippen molar-refractivity contribution in [2.45, 2.75) is 20.0 Å². The van der Waals surface area contributed by atoms with E-state index in [1.165, 1.54) is 0 Å². The van der Waals surface area contributed by atoms with E-state index in [4.69, 9.17) is 4.74 Å². The molecule has 1 aliphatic rings. The van der Waals surface area contributed by atoms with Gasteiger partial charge in [0.05, 0.1) is 25.3 Å². The van der Waals surface area contributed by atoms with Crippen molar-refractivity contribution >= 4 is 17.6 Å². The molecule has 32 heavy (non-hydrogen) atoms. The van der Waals surface area contributed by atoms with E-state index in [1.54, 1.807) is 0 Å². The molecular formula is C23H27F3N4O2. The number of guanidine groups is 1. The Labute approximate surface area is 185 Å². The minimum atomic E-state index is -4.45. The maximum Gasteiger partial charge on any atom is 0.416 e. The summed E-state index contributed by atoms with van der Waals surface area (Å²) in [7, 11) is 0. The zero-order valence-corrected chi connectivity index (χ0v) is 18.1. The van der Waals surface area contributed by atoms with E-state index in [0.717, 1.165) is 54.2 Å². The van der Waals surface area contributed by atoms with E-state index in [0.29, 0.717) is 26.3 Å². The van der Waals surface area contributed by atoms with Gasteiger partial charge in [-0.25, -0.2) is 0 Å². The third-order valence-electron chi connectivity index (χ3n) is 5.27. The molecular weight excluding hydrogens is 421 g/mol. The number of hydrogen-bond acceptors (Lipinski definition) is 4. The van der Waals surface area contributed by atoms with Gasteiger partial charge in [0, 0.05) is 30.9 Å². The average molecular weight is 448 g/mol. The first-order valence-corrected chi connectivity index (χ1v) is 10.4. The largest absolute Gasteiger partial charge is 0.416 e. The number of anilines is 1. The number of aryl methyl sites for hydroxylation is 2. The van der Waals surface area contributed by atoms with Crippen LogP contribution in [0.2, 0.25) is 0 Å². The monoisotopic (exact) mass is 448 g/mol. The van der Waals surface area contributed by atoms with E-state index in [2.05, 4.69) is 20.5 Å². The van der Waals surface area contributed by atoms with Crippen LogP contribution in [-0.4, -0.2) is 56.2 Å². The van der Waals surface area contributed by atoms with Crippen molar-refractivity contribution < 1.29 is 22.7 Å². The van der Waals surface area contributed by atoms with Crippen molar-refractivity contribution in [1.29, 1.82) is 0 Å². The molecule has 1 saturated heterocycles. The van der Waals surface area contributed by atoms with Crippen LogP contribution in [-0.2, 0) is 10.9 Å². The first-order valence-electron chi connectivity index (χ1n) is 10.4. The molecule has 0 radical (unpaired) electrons. The predicted molar refractivity (Wildman–Crippen MR) is 118 cm³/mol. The molecule has 0 aromatic heterocycles. The predicted octanol–water partition coefficient (Wildman–Crippen LogP) is 3.85. The highest BCUT2D eigenvalue weighted by Gasteiger charge is 2.30. The van der Waals surface area contributed by atoms with Crippen LogP contribution in [0.3, 0.4) is 0 Å². The number of carbonyl (C=O) groups is 1. The number of rotatable bonds is 5. The fourth-order valence-corrected chi connectivity index (χ4v) is 3.18. The number of nitrogens with zero attached hydrogens (tertiary/aromatic N) is 2. The molecule has 172 valence electrons. The van der Waals surface area contributed by atoms with Crippen LogP contribution in [0, 0.1) is 13.8 Å². The number of alkyl halides is 3. The molecule has 1 fully saturated rings. The number of hydrogen-bond donors (Lipinski definition) is 2. The SMILES string of the molecule is Cc1ccc(NC(=NCCN2CCOCC2)NC(=O)c2ccc(C(F)(F)F)cc2)cc1C. The van der Waals surface area contributed by atoms with Gasteiger partial charge in [0.15, 0.2) is 0 Å². The van der Waals surface area contributed by atoms with Gasteiger partial charge in [0.1, 0.15) is 0 Å². The molecule has 2 N–H and O–H groups in total. The molecule has 6 nitrogen and oxygen atoms in total. The number of nitrogens with one attached hydrogen (secondary N) is 2. The van der Waals surface area contributed by atoms with Gasteiger partial charge in [0.2, 0.25) is 5.96 Å². The second-order valence-corrected chi connectivity index (χ2v) is 7.64. The lowest BCUT2D eigenvalue weighted by Crippen LogP contribution is -2.39. The Hall–Kier alpha value is -2.91. The second kappa shape index (κ2) is 10.6. The summed E-state index contributed by atoms with van der Waals surface area (Å²) in [5, 5.41) is 5.80. The van der Waals surface area contributed by atoms with E-state index < -0.39 is 17.6 Å². The quantitative estimate of drug-likeness (QED) is 0.539. The van der Waals surface area contributed by atoms with Crippen LogP contribution in [0.4, 0.5) is 18.9 Å². The average Bonchev–Trinajstić information content (AvgIpc) is 2.76. The lowest BCUT2D eigenvalue weighted by atomic mass is 10.1. The molecule has 0 saturated carbocycles. The maximum atomic E-state index is 12.8. The number of halogens is 3. The second-order valence-electron chi connectivity index (χ2n) is 7.64. The molecule has 9 heteroatoms. The van der Waals surface area contributed by atoms with Gasteiger partial charge in [-0.05, 0) is 61.4 Å². The minimum Gasteiger partial charge on any atom is -0.379 e. The Morgan fingerprint density at radius 3 is 2.38 bits per heavy atom. The van der Waals surface area contributed by atoms with Gasteiger partial charge in [-0.15, -0.1) is 0 Å². The van der Waals surface area contributed by atoms with Gasteiger partial charge in [-0.1, -0.05) is 6.07 Å². The number of aliphatic imine (C=N–C) groups is 1. The molecule has 1 heterocycles. The van der Waals surface area contributed by atoms with Crippen molar-refractivity contribution in [3.8, 4) is 0 Å².